The molecule has 2 fully saturated rings. The monoisotopic (exact) mass is 1280 g/mol. The Morgan fingerprint density at radius 2 is 1.09 bits per heavy atom. The van der Waals surface area contributed by atoms with Gasteiger partial charge in [0, 0.05) is 68.9 Å². The molecule has 2 aliphatic heterocycles. The lowest BCUT2D eigenvalue weighted by molar-refractivity contribution is 0.0932. The van der Waals surface area contributed by atoms with Crippen LogP contribution in [0, 0.1) is 36.5 Å². The summed E-state index contributed by atoms with van der Waals surface area (Å²) in [7, 11) is 2.02. The summed E-state index contributed by atoms with van der Waals surface area (Å²) in [5, 5.41) is 29.9. The lowest BCUT2D eigenvalue weighted by atomic mass is 10.0. The van der Waals surface area contributed by atoms with E-state index in [0.29, 0.717) is 161 Å². The summed E-state index contributed by atoms with van der Waals surface area (Å²) in [4.78, 5) is 33.4. The van der Waals surface area contributed by atoms with Crippen molar-refractivity contribution in [2.24, 2.45) is 5.84 Å². The van der Waals surface area contributed by atoms with E-state index in [1.54, 1.807) is 30.3 Å². The van der Waals surface area contributed by atoms with E-state index >= 15 is 0 Å². The number of likely N-dealkylation sites (tertiary alicyclic amines) is 2. The van der Waals surface area contributed by atoms with Crippen LogP contribution >= 0.6 is 23.2 Å². The second-order valence-electron chi connectivity index (χ2n) is 22.9. The second kappa shape index (κ2) is 31.3. The van der Waals surface area contributed by atoms with Gasteiger partial charge in [-0.1, -0.05) is 23.2 Å². The average Bonchev–Trinajstić information content (AvgIpc) is 2.96. The maximum Gasteiger partial charge on any atom is 0.331 e. The molecule has 23 nitrogen and oxygen atoms in total. The molecule has 472 valence electrons. The molecule has 4 amide bonds. The smallest absolute Gasteiger partial charge is 0.331 e. The van der Waals surface area contributed by atoms with Crippen LogP contribution in [-0.4, -0.2) is 198 Å². The summed E-state index contributed by atoms with van der Waals surface area (Å²) in [5.41, 5.74) is 7.37. The third kappa shape index (κ3) is 17.2. The zero-order valence-corrected chi connectivity index (χ0v) is 53.5. The number of nitriles is 2. The SMILES string of the molecule is Cc1cc(N([C@@H]2CCN(CCOCCNC(=O)NCCCCNC(=O)N(N)CCOCCN3CC[C@@H](N(c4ccc(O[C@H]5c6cc(Cl)cc(C#N)c6C[C@@H]5N(C)C)c(C)c4)[SH](=O)=O)C3)C2)[SH](=O)=O)ccc1O[C@H]1c2cc(Cl)cc(C#N)c2C[C@@H]1N(C)C. The number of nitrogens with two attached hydrogens (primary N) is 1. The standard InChI is InChI=1S/C60H81Cl2N13O10S2/c1-39-27-45(9-11-55(39)84-57-51-31-43(61)29-41(35-63)49(51)33-53(57)69(3)4)74(86(78)79)47-13-18-71(37-47)20-24-82-23-17-67-59(76)66-15-7-8-16-68-60(77)73(65)22-26-83-25-21-72-19-14-48(38-72)75(87(80)81)46-10-12-56(40(2)28-46)85-58-52-32-44(62)30-42(36-64)50(52)34-54(58)70(5)6/h9-12,27-32,47-48,53-54,57-58,86-87H,7-8,13-26,33-34,37-38,65H2,1-6H3,(H,68,77)(H2,66,67,76)/t47-,48-,53+,54+,57+,58+/m1/s1. The summed E-state index contributed by atoms with van der Waals surface area (Å²) in [6, 6.07) is 21.1. The molecule has 4 aromatic rings. The number of nitrogens with one attached hydrogen (secondary N) is 3. The van der Waals surface area contributed by atoms with E-state index in [-0.39, 0.29) is 55.6 Å². The molecule has 8 rings (SSSR count). The number of halogens is 2. The van der Waals surface area contributed by atoms with Crippen LogP contribution in [0.3, 0.4) is 0 Å². The van der Waals surface area contributed by atoms with E-state index in [4.69, 9.17) is 48.0 Å². The van der Waals surface area contributed by atoms with Crippen molar-refractivity contribution in [2.45, 2.75) is 88.7 Å². The molecule has 0 spiro atoms. The predicted molar refractivity (Wildman–Crippen MR) is 336 cm³/mol. The number of aryl methyl sites for hydroxylation is 2. The Morgan fingerprint density at radius 3 is 1.53 bits per heavy atom. The molecule has 0 saturated carbocycles. The van der Waals surface area contributed by atoms with Crippen LogP contribution in [0.5, 0.6) is 11.5 Å². The van der Waals surface area contributed by atoms with Crippen LogP contribution in [0.2, 0.25) is 10.0 Å². The number of urea groups is 2. The molecule has 0 aromatic heterocycles. The second-order valence-corrected chi connectivity index (χ2v) is 25.6. The molecule has 0 bridgehead atoms. The minimum Gasteiger partial charge on any atom is -0.484 e. The van der Waals surface area contributed by atoms with Gasteiger partial charge in [-0.15, -0.1) is 0 Å². The van der Waals surface area contributed by atoms with E-state index in [2.05, 4.69) is 47.7 Å². The lowest BCUT2D eigenvalue weighted by Crippen LogP contribution is -2.46. The molecule has 27 heteroatoms. The van der Waals surface area contributed by atoms with Crippen molar-refractivity contribution in [1.82, 2.24) is 40.6 Å². The number of carbonyl (C=O) groups is 2. The first-order valence-corrected chi connectivity index (χ1v) is 32.4. The van der Waals surface area contributed by atoms with E-state index in [1.165, 1.54) is 8.61 Å². The first-order chi connectivity index (χ1) is 41.7. The molecule has 2 saturated heterocycles. The number of nitrogens with zero attached hydrogens (tertiary/aromatic N) is 9. The third-order valence-corrected chi connectivity index (χ3v) is 18.9. The first-order valence-electron chi connectivity index (χ1n) is 29.4. The van der Waals surface area contributed by atoms with E-state index in [1.807, 2.05) is 72.4 Å². The van der Waals surface area contributed by atoms with Gasteiger partial charge in [-0.25, -0.2) is 32.3 Å². The minimum atomic E-state index is -2.94. The molecule has 2 aliphatic carbocycles. The van der Waals surface area contributed by atoms with Gasteiger partial charge in [0.05, 0.1) is 91.8 Å². The molecule has 2 heterocycles. The summed E-state index contributed by atoms with van der Waals surface area (Å²) in [6.07, 6.45) is 3.06. The highest BCUT2D eigenvalue weighted by Crippen LogP contribution is 2.44. The molecular weight excluding hydrogens is 1200 g/mol. The van der Waals surface area contributed by atoms with Gasteiger partial charge < -0.3 is 44.7 Å². The Morgan fingerprint density at radius 1 is 0.644 bits per heavy atom. The van der Waals surface area contributed by atoms with Gasteiger partial charge in [0.25, 0.3) is 0 Å². The minimum absolute atomic E-state index is 0.0272. The van der Waals surface area contributed by atoms with Gasteiger partial charge in [-0.3, -0.25) is 23.4 Å². The van der Waals surface area contributed by atoms with Crippen LogP contribution in [0.25, 0.3) is 0 Å². The van der Waals surface area contributed by atoms with Crippen LogP contribution in [0.15, 0.2) is 60.7 Å². The molecule has 0 radical (unpaired) electrons. The Balaban J connectivity index is 0.646. The topological polar surface area (TPSA) is 272 Å². The fourth-order valence-electron chi connectivity index (χ4n) is 12.0. The number of thiol groups is 2. The number of unbranched alkanes of at least 4 members (excludes halogenated alkanes) is 1. The molecule has 5 N–H and O–H groups in total. The maximum absolute atomic E-state index is 12.7. The Kier molecular flexibility index (Phi) is 24.0. The van der Waals surface area contributed by atoms with Gasteiger partial charge in [-0.2, -0.15) is 10.5 Å². The third-order valence-electron chi connectivity index (χ3n) is 16.6. The van der Waals surface area contributed by atoms with Crippen molar-refractivity contribution in [3.05, 3.63) is 115 Å². The van der Waals surface area contributed by atoms with Gasteiger partial charge in [0.15, 0.2) is 0 Å². The fourth-order valence-corrected chi connectivity index (χ4v) is 14.0. The molecule has 4 aliphatic rings. The number of hydrogen-bond acceptors (Lipinski definition) is 17. The Labute approximate surface area is 524 Å². The number of fused-ring (bicyclic) bond motifs is 2. The highest BCUT2D eigenvalue weighted by atomic mass is 35.5. The molecular formula is C60H81Cl2N13O10S2. The number of benzene rings is 4. The quantitative estimate of drug-likeness (QED) is 0.0136. The number of hydrazine groups is 1. The average molecular weight is 1280 g/mol. The number of carbonyl (C=O) groups excluding carboxylic acids is 2. The largest absolute Gasteiger partial charge is 0.484 e. The summed E-state index contributed by atoms with van der Waals surface area (Å²) < 4.78 is 78.6. The lowest BCUT2D eigenvalue weighted by Gasteiger charge is -2.29. The Hall–Kier alpha value is -6.20. The zero-order valence-electron chi connectivity index (χ0n) is 50.2. The predicted octanol–water partition coefficient (Wildman–Crippen LogP) is 5.08. The zero-order chi connectivity index (χ0) is 62.5. The fraction of sp³-hybridized carbons (Fsp3) is 0.533. The summed E-state index contributed by atoms with van der Waals surface area (Å²) in [6.45, 7) is 9.96. The van der Waals surface area contributed by atoms with Crippen molar-refractivity contribution in [1.29, 1.82) is 10.5 Å². The number of hydrogen-bond donors (Lipinski definition) is 6. The molecule has 87 heavy (non-hydrogen) atoms. The van der Waals surface area contributed by atoms with Gasteiger partial charge >= 0.3 is 12.1 Å². The van der Waals surface area contributed by atoms with Gasteiger partial charge in [-0.05, 0) is 175 Å². The first kappa shape index (κ1) is 66.7. The highest BCUT2D eigenvalue weighted by Gasteiger charge is 2.40. The van der Waals surface area contributed by atoms with E-state index in [0.717, 1.165) is 38.4 Å². The van der Waals surface area contributed by atoms with Crippen molar-refractivity contribution < 1.29 is 45.4 Å². The molecule has 0 unspecified atom stereocenters. The van der Waals surface area contributed by atoms with Crippen molar-refractivity contribution in [3.63, 3.8) is 0 Å². The number of rotatable bonds is 29. The summed E-state index contributed by atoms with van der Waals surface area (Å²) >= 11 is 12.8. The van der Waals surface area contributed by atoms with E-state index in [9.17, 15) is 36.9 Å². The van der Waals surface area contributed by atoms with Crippen LogP contribution < -0.4 is 39.9 Å². The van der Waals surface area contributed by atoms with Crippen molar-refractivity contribution in [2.75, 3.05) is 129 Å². The van der Waals surface area contributed by atoms with Crippen molar-refractivity contribution in [3.8, 4) is 23.6 Å². The molecule has 6 atom stereocenters. The van der Waals surface area contributed by atoms with Crippen LogP contribution in [0.1, 0.15) is 82.4 Å². The summed E-state index contributed by atoms with van der Waals surface area (Å²) in [5.74, 6) is 7.23. The number of ether oxygens (including phenoxy) is 4. The van der Waals surface area contributed by atoms with E-state index < -0.39 is 27.8 Å². The van der Waals surface area contributed by atoms with Crippen LogP contribution in [0.4, 0.5) is 21.0 Å². The van der Waals surface area contributed by atoms with Gasteiger partial charge in [0.1, 0.15) is 23.7 Å². The maximum atomic E-state index is 12.7. The normalized spacial score (nSPS) is 19.9. The number of likely N-dealkylation sites (N-methyl/N-ethyl adjacent to an activating group) is 2. The molecule has 4 aromatic carbocycles. The Bertz CT molecular complexity index is 3310. The highest BCUT2D eigenvalue weighted by molar-refractivity contribution is 7.74. The number of amides is 4. The van der Waals surface area contributed by atoms with Gasteiger partial charge in [0.2, 0.25) is 21.8 Å². The number of anilines is 2. The van der Waals surface area contributed by atoms with Crippen LogP contribution in [-0.2, 0) is 44.1 Å². The van der Waals surface area contributed by atoms with Crippen molar-refractivity contribution >= 4 is 68.4 Å².